The summed E-state index contributed by atoms with van der Waals surface area (Å²) in [6.07, 6.45) is 4.15. The minimum Gasteiger partial charge on any atom is -0.488 e. The van der Waals surface area contributed by atoms with Gasteiger partial charge in [-0.15, -0.1) is 0 Å². The minimum absolute atomic E-state index is 0.0450. The number of nitrogens with zero attached hydrogens (tertiary/aromatic N) is 2. The van der Waals surface area contributed by atoms with Gasteiger partial charge < -0.3 is 9.30 Å². The molecule has 0 amide bonds. The fraction of sp³-hybridized carbons (Fsp3) is 0.333. The molecular weight excluding hydrogens is 262 g/mol. The number of aromatic nitrogens is 1. The van der Waals surface area contributed by atoms with Crippen LogP contribution in [0.15, 0.2) is 36.7 Å². The summed E-state index contributed by atoms with van der Waals surface area (Å²) in [5.41, 5.74) is 1.26. The molecule has 0 saturated carbocycles. The molecule has 0 bridgehead atoms. The predicted molar refractivity (Wildman–Crippen MR) is 71.5 cm³/mol. The van der Waals surface area contributed by atoms with E-state index < -0.39 is 11.6 Å². The van der Waals surface area contributed by atoms with Gasteiger partial charge >= 0.3 is 0 Å². The second-order valence-electron chi connectivity index (χ2n) is 5.20. The quantitative estimate of drug-likeness (QED) is 0.855. The van der Waals surface area contributed by atoms with Crippen LogP contribution in [0.25, 0.3) is 0 Å². The molecule has 0 radical (unpaired) electrons. The van der Waals surface area contributed by atoms with Gasteiger partial charge in [0.2, 0.25) is 0 Å². The molecular formula is C15H16F2N2O. The highest BCUT2D eigenvalue weighted by molar-refractivity contribution is 5.24. The monoisotopic (exact) mass is 278 g/mol. The number of likely N-dealkylation sites (tertiary alicyclic amines) is 1. The van der Waals surface area contributed by atoms with Crippen molar-refractivity contribution >= 4 is 0 Å². The number of rotatable bonds is 4. The first-order valence-corrected chi connectivity index (χ1v) is 6.55. The van der Waals surface area contributed by atoms with Crippen LogP contribution < -0.4 is 4.74 Å². The summed E-state index contributed by atoms with van der Waals surface area (Å²) in [4.78, 5) is 2.25. The molecule has 0 unspecified atom stereocenters. The van der Waals surface area contributed by atoms with Gasteiger partial charge in [-0.1, -0.05) is 0 Å². The molecule has 3 nitrogen and oxygen atoms in total. The van der Waals surface area contributed by atoms with Crippen LogP contribution in [0.1, 0.15) is 5.56 Å². The molecule has 1 aliphatic rings. The van der Waals surface area contributed by atoms with Crippen LogP contribution in [0.5, 0.6) is 5.75 Å². The average Bonchev–Trinajstić information content (AvgIpc) is 2.77. The third kappa shape index (κ3) is 2.82. The number of halogens is 2. The fourth-order valence-electron chi connectivity index (χ4n) is 2.38. The Kier molecular flexibility index (Phi) is 3.44. The minimum atomic E-state index is -0.872. The van der Waals surface area contributed by atoms with E-state index >= 15 is 0 Å². The Morgan fingerprint density at radius 2 is 2.00 bits per heavy atom. The molecule has 5 heteroatoms. The van der Waals surface area contributed by atoms with Crippen LogP contribution in [0.2, 0.25) is 0 Å². The third-order valence-electron chi connectivity index (χ3n) is 3.42. The lowest BCUT2D eigenvalue weighted by Crippen LogP contribution is -2.53. The maximum absolute atomic E-state index is 13.1. The maximum Gasteiger partial charge on any atom is 0.162 e. The van der Waals surface area contributed by atoms with Crippen LogP contribution >= 0.6 is 0 Å². The lowest BCUT2D eigenvalue weighted by molar-refractivity contribution is 0.0143. The highest BCUT2D eigenvalue weighted by atomic mass is 19.2. The first-order chi connectivity index (χ1) is 9.60. The van der Waals surface area contributed by atoms with Crippen molar-refractivity contribution in [3.05, 3.63) is 53.9 Å². The predicted octanol–water partition coefficient (Wildman–Crippen LogP) is 2.57. The Morgan fingerprint density at radius 1 is 1.20 bits per heavy atom. The summed E-state index contributed by atoms with van der Waals surface area (Å²) >= 11 is 0. The van der Waals surface area contributed by atoms with Crippen LogP contribution in [-0.4, -0.2) is 28.7 Å². The number of hydrogen-bond acceptors (Lipinski definition) is 2. The number of benzene rings is 1. The van der Waals surface area contributed by atoms with Crippen LogP contribution in [0.3, 0.4) is 0 Å². The SMILES string of the molecule is Cn1ccc(CN2CC(Oc3ccc(F)c(F)c3)C2)c1. The van der Waals surface area contributed by atoms with Gasteiger partial charge in [0.25, 0.3) is 0 Å². The molecule has 1 aromatic heterocycles. The van der Waals surface area contributed by atoms with Gasteiger partial charge in [0.05, 0.1) is 0 Å². The maximum atomic E-state index is 13.1. The molecule has 2 aromatic rings. The first kappa shape index (κ1) is 13.1. The number of hydrogen-bond donors (Lipinski definition) is 0. The summed E-state index contributed by atoms with van der Waals surface area (Å²) < 4.78 is 33.5. The second kappa shape index (κ2) is 5.25. The molecule has 0 spiro atoms. The molecule has 106 valence electrons. The third-order valence-corrected chi connectivity index (χ3v) is 3.42. The van der Waals surface area contributed by atoms with E-state index in [0.29, 0.717) is 5.75 Å². The second-order valence-corrected chi connectivity index (χ2v) is 5.20. The van der Waals surface area contributed by atoms with Crippen LogP contribution in [0, 0.1) is 11.6 Å². The molecule has 1 aliphatic heterocycles. The van der Waals surface area contributed by atoms with Crippen molar-refractivity contribution in [1.29, 1.82) is 0 Å². The van der Waals surface area contributed by atoms with E-state index in [1.165, 1.54) is 11.6 Å². The normalized spacial score (nSPS) is 16.1. The highest BCUT2D eigenvalue weighted by Gasteiger charge is 2.28. The molecule has 1 fully saturated rings. The smallest absolute Gasteiger partial charge is 0.162 e. The summed E-state index contributed by atoms with van der Waals surface area (Å²) in [5, 5.41) is 0. The fourth-order valence-corrected chi connectivity index (χ4v) is 2.38. The highest BCUT2D eigenvalue weighted by Crippen LogP contribution is 2.21. The van der Waals surface area contributed by atoms with Crippen LogP contribution in [-0.2, 0) is 13.6 Å². The molecule has 1 aromatic carbocycles. The van der Waals surface area contributed by atoms with Gasteiger partial charge in [-0.2, -0.15) is 0 Å². The zero-order valence-electron chi connectivity index (χ0n) is 11.2. The van der Waals surface area contributed by atoms with E-state index in [9.17, 15) is 8.78 Å². The van der Waals surface area contributed by atoms with Crippen molar-refractivity contribution in [3.8, 4) is 5.75 Å². The Balaban J connectivity index is 1.49. The van der Waals surface area contributed by atoms with Crippen molar-refractivity contribution in [1.82, 2.24) is 9.47 Å². The molecule has 2 heterocycles. The number of aryl methyl sites for hydroxylation is 1. The first-order valence-electron chi connectivity index (χ1n) is 6.55. The summed E-state index contributed by atoms with van der Waals surface area (Å²) in [6, 6.07) is 5.72. The zero-order valence-corrected chi connectivity index (χ0v) is 11.2. The van der Waals surface area contributed by atoms with Crippen molar-refractivity contribution in [2.45, 2.75) is 12.6 Å². The van der Waals surface area contributed by atoms with Crippen molar-refractivity contribution in [2.75, 3.05) is 13.1 Å². The van der Waals surface area contributed by atoms with Gasteiger partial charge in [0.15, 0.2) is 11.6 Å². The van der Waals surface area contributed by atoms with E-state index in [2.05, 4.69) is 17.2 Å². The molecule has 0 atom stereocenters. The topological polar surface area (TPSA) is 17.4 Å². The standard InChI is InChI=1S/C15H16F2N2O/c1-18-5-4-11(7-18)8-19-9-13(10-19)20-12-2-3-14(16)15(17)6-12/h2-7,13H,8-10H2,1H3. The van der Waals surface area contributed by atoms with E-state index in [1.807, 2.05) is 17.8 Å². The summed E-state index contributed by atoms with van der Waals surface area (Å²) in [5.74, 6) is -1.34. The average molecular weight is 278 g/mol. The number of ether oxygens (including phenoxy) is 1. The van der Waals surface area contributed by atoms with E-state index in [1.54, 1.807) is 0 Å². The lowest BCUT2D eigenvalue weighted by Gasteiger charge is -2.38. The van der Waals surface area contributed by atoms with Gasteiger partial charge in [-0.25, -0.2) is 8.78 Å². The largest absolute Gasteiger partial charge is 0.488 e. The lowest BCUT2D eigenvalue weighted by atomic mass is 10.1. The van der Waals surface area contributed by atoms with Gasteiger partial charge in [-0.05, 0) is 23.8 Å². The van der Waals surface area contributed by atoms with Crippen molar-refractivity contribution < 1.29 is 13.5 Å². The molecule has 3 rings (SSSR count). The van der Waals surface area contributed by atoms with E-state index in [0.717, 1.165) is 31.8 Å². The van der Waals surface area contributed by atoms with Crippen molar-refractivity contribution in [2.24, 2.45) is 7.05 Å². The Labute approximate surface area is 116 Å². The van der Waals surface area contributed by atoms with E-state index in [4.69, 9.17) is 4.74 Å². The Bertz CT molecular complexity index is 606. The van der Waals surface area contributed by atoms with Gasteiger partial charge in [0.1, 0.15) is 11.9 Å². The summed E-state index contributed by atoms with van der Waals surface area (Å²) in [7, 11) is 1.99. The molecule has 20 heavy (non-hydrogen) atoms. The summed E-state index contributed by atoms with van der Waals surface area (Å²) in [6.45, 7) is 2.49. The van der Waals surface area contributed by atoms with E-state index in [-0.39, 0.29) is 6.10 Å². The zero-order chi connectivity index (χ0) is 14.1. The Hall–Kier alpha value is -1.88. The molecule has 0 aliphatic carbocycles. The molecule has 1 saturated heterocycles. The van der Waals surface area contributed by atoms with Crippen molar-refractivity contribution in [3.63, 3.8) is 0 Å². The van der Waals surface area contributed by atoms with Crippen LogP contribution in [0.4, 0.5) is 8.78 Å². The van der Waals surface area contributed by atoms with Gasteiger partial charge in [-0.3, -0.25) is 4.90 Å². The molecule has 0 N–H and O–H groups in total. The van der Waals surface area contributed by atoms with Gasteiger partial charge in [0, 0.05) is 45.1 Å². The Morgan fingerprint density at radius 3 is 2.65 bits per heavy atom.